The summed E-state index contributed by atoms with van der Waals surface area (Å²) in [6.07, 6.45) is 7.20. The van der Waals surface area contributed by atoms with Gasteiger partial charge in [0, 0.05) is 50.8 Å². The SMILES string of the molecule is CCn1nccc1CN[C@H]1CCCN(c2ncc[nH]c2=O)C1. The highest BCUT2D eigenvalue weighted by Crippen LogP contribution is 2.14. The van der Waals surface area contributed by atoms with Gasteiger partial charge in [0.1, 0.15) is 0 Å². The second kappa shape index (κ2) is 6.74. The first-order chi connectivity index (χ1) is 10.8. The predicted octanol–water partition coefficient (Wildman–Crippen LogP) is 0.745. The number of rotatable bonds is 5. The number of aromatic amines is 1. The molecule has 7 nitrogen and oxygen atoms in total. The molecular formula is C15H22N6O. The Morgan fingerprint density at radius 3 is 3.18 bits per heavy atom. The second-order valence-electron chi connectivity index (χ2n) is 5.55. The van der Waals surface area contributed by atoms with Gasteiger partial charge in [-0.05, 0) is 25.8 Å². The molecule has 22 heavy (non-hydrogen) atoms. The van der Waals surface area contributed by atoms with Gasteiger partial charge in [-0.2, -0.15) is 5.10 Å². The summed E-state index contributed by atoms with van der Waals surface area (Å²) in [6.45, 7) is 5.45. The predicted molar refractivity (Wildman–Crippen MR) is 84.8 cm³/mol. The fourth-order valence-corrected chi connectivity index (χ4v) is 2.95. The van der Waals surface area contributed by atoms with Crippen LogP contribution in [0.15, 0.2) is 29.5 Å². The van der Waals surface area contributed by atoms with Crippen LogP contribution in [-0.4, -0.2) is 38.9 Å². The van der Waals surface area contributed by atoms with Crippen molar-refractivity contribution in [1.82, 2.24) is 25.1 Å². The van der Waals surface area contributed by atoms with Crippen LogP contribution in [0.1, 0.15) is 25.5 Å². The molecule has 0 saturated carbocycles. The van der Waals surface area contributed by atoms with Gasteiger partial charge in [-0.25, -0.2) is 4.98 Å². The van der Waals surface area contributed by atoms with E-state index in [1.54, 1.807) is 12.4 Å². The minimum absolute atomic E-state index is 0.118. The zero-order valence-corrected chi connectivity index (χ0v) is 12.8. The Bertz CT molecular complexity index is 664. The van der Waals surface area contributed by atoms with E-state index >= 15 is 0 Å². The van der Waals surface area contributed by atoms with Crippen LogP contribution in [0, 0.1) is 0 Å². The molecule has 1 aliphatic heterocycles. The maximum Gasteiger partial charge on any atom is 0.290 e. The highest BCUT2D eigenvalue weighted by Gasteiger charge is 2.22. The fourth-order valence-electron chi connectivity index (χ4n) is 2.95. The van der Waals surface area contributed by atoms with E-state index in [0.29, 0.717) is 11.9 Å². The second-order valence-corrected chi connectivity index (χ2v) is 5.55. The lowest BCUT2D eigenvalue weighted by atomic mass is 10.1. The maximum absolute atomic E-state index is 11.9. The van der Waals surface area contributed by atoms with Crippen LogP contribution in [0.3, 0.4) is 0 Å². The van der Waals surface area contributed by atoms with Crippen molar-refractivity contribution in [2.75, 3.05) is 18.0 Å². The molecule has 2 aromatic heterocycles. The van der Waals surface area contributed by atoms with Crippen molar-refractivity contribution in [2.24, 2.45) is 0 Å². The van der Waals surface area contributed by atoms with E-state index in [4.69, 9.17) is 0 Å². The van der Waals surface area contributed by atoms with Gasteiger partial charge in [0.15, 0.2) is 5.82 Å². The Labute approximate surface area is 129 Å². The molecule has 0 amide bonds. The van der Waals surface area contributed by atoms with Gasteiger partial charge in [0.05, 0.1) is 5.69 Å². The number of piperidine rings is 1. The van der Waals surface area contributed by atoms with E-state index in [9.17, 15) is 4.79 Å². The summed E-state index contributed by atoms with van der Waals surface area (Å²) in [6, 6.07) is 2.40. The highest BCUT2D eigenvalue weighted by atomic mass is 16.1. The van der Waals surface area contributed by atoms with Crippen molar-refractivity contribution in [1.29, 1.82) is 0 Å². The average Bonchev–Trinajstić information content (AvgIpc) is 3.01. The third-order valence-corrected chi connectivity index (χ3v) is 4.09. The zero-order chi connectivity index (χ0) is 15.4. The minimum Gasteiger partial charge on any atom is -0.350 e. The van der Waals surface area contributed by atoms with Gasteiger partial charge in [0.2, 0.25) is 0 Å². The van der Waals surface area contributed by atoms with Crippen LogP contribution in [0.4, 0.5) is 5.82 Å². The molecule has 2 N–H and O–H groups in total. The molecule has 2 aromatic rings. The highest BCUT2D eigenvalue weighted by molar-refractivity contribution is 5.36. The first kappa shape index (κ1) is 14.8. The Kier molecular flexibility index (Phi) is 4.53. The number of nitrogens with zero attached hydrogens (tertiary/aromatic N) is 4. The Morgan fingerprint density at radius 1 is 1.45 bits per heavy atom. The minimum atomic E-state index is -0.118. The molecule has 1 aliphatic rings. The van der Waals surface area contributed by atoms with Gasteiger partial charge in [-0.3, -0.25) is 9.48 Å². The lowest BCUT2D eigenvalue weighted by Gasteiger charge is -2.33. The molecule has 1 saturated heterocycles. The standard InChI is InChI=1S/C15H22N6O/c1-2-21-13(5-6-19-21)10-18-12-4-3-9-20(11-12)14-15(22)17-8-7-16-14/h5-8,12,18H,2-4,9-11H2,1H3,(H,17,22)/t12-/m0/s1. The lowest BCUT2D eigenvalue weighted by molar-refractivity contribution is 0.412. The van der Waals surface area contributed by atoms with Gasteiger partial charge in [-0.1, -0.05) is 0 Å². The smallest absolute Gasteiger partial charge is 0.290 e. The van der Waals surface area contributed by atoms with E-state index in [1.807, 2.05) is 16.9 Å². The largest absolute Gasteiger partial charge is 0.350 e. The van der Waals surface area contributed by atoms with E-state index < -0.39 is 0 Å². The van der Waals surface area contributed by atoms with Crippen LogP contribution < -0.4 is 15.8 Å². The van der Waals surface area contributed by atoms with Crippen LogP contribution in [-0.2, 0) is 13.1 Å². The average molecular weight is 302 g/mol. The van der Waals surface area contributed by atoms with Gasteiger partial charge < -0.3 is 15.2 Å². The monoisotopic (exact) mass is 302 g/mol. The maximum atomic E-state index is 11.9. The fraction of sp³-hybridized carbons (Fsp3) is 0.533. The van der Waals surface area contributed by atoms with Crippen molar-refractivity contribution in [2.45, 2.75) is 38.9 Å². The summed E-state index contributed by atoms with van der Waals surface area (Å²) in [5.74, 6) is 0.521. The summed E-state index contributed by atoms with van der Waals surface area (Å²) in [5.41, 5.74) is 1.07. The van der Waals surface area contributed by atoms with E-state index in [1.165, 1.54) is 5.69 Å². The first-order valence-corrected chi connectivity index (χ1v) is 7.80. The molecule has 0 aliphatic carbocycles. The summed E-state index contributed by atoms with van der Waals surface area (Å²) in [4.78, 5) is 20.8. The van der Waals surface area contributed by atoms with E-state index in [0.717, 1.165) is 39.0 Å². The van der Waals surface area contributed by atoms with Crippen molar-refractivity contribution in [3.8, 4) is 0 Å². The normalized spacial score (nSPS) is 18.6. The van der Waals surface area contributed by atoms with Gasteiger partial charge in [-0.15, -0.1) is 0 Å². The van der Waals surface area contributed by atoms with Crippen LogP contribution in [0.5, 0.6) is 0 Å². The summed E-state index contributed by atoms with van der Waals surface area (Å²) in [5, 5.41) is 7.86. The summed E-state index contributed by atoms with van der Waals surface area (Å²) in [7, 11) is 0. The number of nitrogens with one attached hydrogen (secondary N) is 2. The van der Waals surface area contributed by atoms with Gasteiger partial charge in [0.25, 0.3) is 5.56 Å². The number of aromatic nitrogens is 4. The first-order valence-electron chi connectivity index (χ1n) is 7.80. The number of aryl methyl sites for hydroxylation is 1. The van der Waals surface area contributed by atoms with Gasteiger partial charge >= 0.3 is 0 Å². The molecule has 1 fully saturated rings. The molecule has 7 heteroatoms. The van der Waals surface area contributed by atoms with Crippen molar-refractivity contribution in [3.63, 3.8) is 0 Å². The quantitative estimate of drug-likeness (QED) is 0.852. The van der Waals surface area contributed by atoms with Crippen LogP contribution in [0.2, 0.25) is 0 Å². The molecule has 3 rings (SSSR count). The topological polar surface area (TPSA) is 78.8 Å². The molecule has 118 valence electrons. The molecule has 3 heterocycles. The van der Waals surface area contributed by atoms with Crippen molar-refractivity contribution < 1.29 is 0 Å². The molecule has 1 atom stereocenters. The number of hydrogen-bond donors (Lipinski definition) is 2. The van der Waals surface area contributed by atoms with E-state index in [2.05, 4.69) is 32.2 Å². The van der Waals surface area contributed by atoms with Crippen LogP contribution >= 0.6 is 0 Å². The molecule has 0 spiro atoms. The molecule has 0 unspecified atom stereocenters. The zero-order valence-electron chi connectivity index (χ0n) is 12.8. The van der Waals surface area contributed by atoms with Crippen molar-refractivity contribution >= 4 is 5.82 Å². The number of H-pyrrole nitrogens is 1. The Hall–Kier alpha value is -2.15. The van der Waals surface area contributed by atoms with E-state index in [-0.39, 0.29) is 5.56 Å². The molecular weight excluding hydrogens is 280 g/mol. The Balaban J connectivity index is 1.61. The third kappa shape index (κ3) is 3.19. The number of hydrogen-bond acceptors (Lipinski definition) is 5. The number of anilines is 1. The van der Waals surface area contributed by atoms with Crippen LogP contribution in [0.25, 0.3) is 0 Å². The molecule has 0 aromatic carbocycles. The Morgan fingerprint density at radius 2 is 2.36 bits per heavy atom. The lowest BCUT2D eigenvalue weighted by Crippen LogP contribution is -2.47. The molecule has 0 bridgehead atoms. The van der Waals surface area contributed by atoms with Crippen molar-refractivity contribution in [3.05, 3.63) is 40.7 Å². The molecule has 0 radical (unpaired) electrons. The summed E-state index contributed by atoms with van der Waals surface area (Å²) < 4.78 is 2.00. The summed E-state index contributed by atoms with van der Waals surface area (Å²) >= 11 is 0. The third-order valence-electron chi connectivity index (χ3n) is 4.09.